The zero-order valence-electron chi connectivity index (χ0n) is 7.16. The lowest BCUT2D eigenvalue weighted by Crippen LogP contribution is -2.41. The van der Waals surface area contributed by atoms with Gasteiger partial charge in [-0.1, -0.05) is 0 Å². The molecule has 1 rings (SSSR count). The number of nitrogens with zero attached hydrogens (tertiary/aromatic N) is 1. The smallest absolute Gasteiger partial charge is 0.0564 e. The fourth-order valence-electron chi connectivity index (χ4n) is 1.51. The van der Waals surface area contributed by atoms with Gasteiger partial charge in [0.1, 0.15) is 0 Å². The van der Waals surface area contributed by atoms with Crippen LogP contribution >= 0.6 is 0 Å². The molecule has 0 spiro atoms. The minimum atomic E-state index is -0.0701. The first kappa shape index (κ1) is 8.97. The van der Waals surface area contributed by atoms with Gasteiger partial charge in [-0.05, 0) is 19.8 Å². The zero-order chi connectivity index (χ0) is 8.27. The van der Waals surface area contributed by atoms with Crippen LogP contribution in [0.2, 0.25) is 0 Å². The van der Waals surface area contributed by atoms with E-state index < -0.39 is 0 Å². The van der Waals surface area contributed by atoms with Crippen LogP contribution in [0.5, 0.6) is 0 Å². The Morgan fingerprint density at radius 2 is 2.09 bits per heavy atom. The molecule has 0 bridgehead atoms. The van der Waals surface area contributed by atoms with Gasteiger partial charge >= 0.3 is 0 Å². The van der Waals surface area contributed by atoms with Gasteiger partial charge in [0.05, 0.1) is 6.10 Å². The predicted molar refractivity (Wildman–Crippen MR) is 45.3 cm³/mol. The monoisotopic (exact) mass is 158 g/mol. The number of aliphatic hydroxyl groups excluding tert-OH is 1. The highest BCUT2D eigenvalue weighted by atomic mass is 16.3. The number of piperidine rings is 1. The molecule has 1 aliphatic heterocycles. The van der Waals surface area contributed by atoms with Crippen molar-refractivity contribution in [2.45, 2.75) is 31.9 Å². The number of likely N-dealkylation sites (tertiary alicyclic amines) is 1. The van der Waals surface area contributed by atoms with Crippen molar-refractivity contribution in [3.05, 3.63) is 0 Å². The normalized spacial score (nSPS) is 25.4. The zero-order valence-corrected chi connectivity index (χ0v) is 7.16. The maximum absolute atomic E-state index is 9.20. The quantitative estimate of drug-likeness (QED) is 0.584. The summed E-state index contributed by atoms with van der Waals surface area (Å²) < 4.78 is 0. The Kier molecular flexibility index (Phi) is 3.30. The summed E-state index contributed by atoms with van der Waals surface area (Å²) in [5.41, 5.74) is 5.65. The van der Waals surface area contributed by atoms with E-state index in [2.05, 4.69) is 4.90 Å². The highest BCUT2D eigenvalue weighted by molar-refractivity contribution is 4.73. The van der Waals surface area contributed by atoms with Crippen LogP contribution in [0.1, 0.15) is 19.8 Å². The topological polar surface area (TPSA) is 49.5 Å². The largest absolute Gasteiger partial charge is 0.393 e. The standard InChI is InChI=1S/C8H18N2O/c1-7(9)6-10-4-2-8(11)3-5-10/h7-8,11H,2-6,9H2,1H3/t7-/m1/s1. The molecule has 1 fully saturated rings. The Hall–Kier alpha value is -0.120. The van der Waals surface area contributed by atoms with E-state index >= 15 is 0 Å². The van der Waals surface area contributed by atoms with Gasteiger partial charge < -0.3 is 15.7 Å². The van der Waals surface area contributed by atoms with Crippen LogP contribution in [-0.2, 0) is 0 Å². The fraction of sp³-hybridized carbons (Fsp3) is 1.00. The minimum Gasteiger partial charge on any atom is -0.393 e. The molecule has 66 valence electrons. The first-order chi connectivity index (χ1) is 5.18. The molecular formula is C8H18N2O. The van der Waals surface area contributed by atoms with Crippen molar-refractivity contribution in [3.63, 3.8) is 0 Å². The van der Waals surface area contributed by atoms with Gasteiger partial charge in [-0.15, -0.1) is 0 Å². The molecule has 0 aromatic rings. The number of aliphatic hydroxyl groups is 1. The number of rotatable bonds is 2. The maximum atomic E-state index is 9.20. The van der Waals surface area contributed by atoms with E-state index in [1.807, 2.05) is 6.92 Å². The van der Waals surface area contributed by atoms with E-state index in [-0.39, 0.29) is 12.1 Å². The molecule has 3 heteroatoms. The molecule has 3 nitrogen and oxygen atoms in total. The molecule has 0 aromatic heterocycles. The van der Waals surface area contributed by atoms with Gasteiger partial charge in [0, 0.05) is 25.7 Å². The van der Waals surface area contributed by atoms with Crippen LogP contribution in [0, 0.1) is 0 Å². The summed E-state index contributed by atoms with van der Waals surface area (Å²) in [6.45, 7) is 4.99. The van der Waals surface area contributed by atoms with Crippen LogP contribution in [0.4, 0.5) is 0 Å². The average molecular weight is 158 g/mol. The second-order valence-corrected chi connectivity index (χ2v) is 3.51. The molecule has 0 unspecified atom stereocenters. The van der Waals surface area contributed by atoms with Gasteiger partial charge in [0.25, 0.3) is 0 Å². The van der Waals surface area contributed by atoms with E-state index in [4.69, 9.17) is 5.73 Å². The molecule has 0 amide bonds. The third-order valence-electron chi connectivity index (χ3n) is 2.10. The van der Waals surface area contributed by atoms with Gasteiger partial charge in [-0.2, -0.15) is 0 Å². The SMILES string of the molecule is C[C@@H](N)CN1CCC(O)CC1. The molecule has 11 heavy (non-hydrogen) atoms. The van der Waals surface area contributed by atoms with Crippen LogP contribution in [0.15, 0.2) is 0 Å². The molecule has 1 heterocycles. The van der Waals surface area contributed by atoms with E-state index in [1.54, 1.807) is 0 Å². The second-order valence-electron chi connectivity index (χ2n) is 3.51. The lowest BCUT2D eigenvalue weighted by Gasteiger charge is -2.30. The van der Waals surface area contributed by atoms with Crippen molar-refractivity contribution >= 4 is 0 Å². The predicted octanol–water partition coefficient (Wildman–Crippen LogP) is -0.210. The number of hydrogen-bond acceptors (Lipinski definition) is 3. The second kappa shape index (κ2) is 4.04. The van der Waals surface area contributed by atoms with Crippen molar-refractivity contribution in [1.29, 1.82) is 0 Å². The van der Waals surface area contributed by atoms with Crippen LogP contribution in [0.3, 0.4) is 0 Å². The lowest BCUT2D eigenvalue weighted by molar-refractivity contribution is 0.0806. The maximum Gasteiger partial charge on any atom is 0.0564 e. The minimum absolute atomic E-state index is 0.0701. The van der Waals surface area contributed by atoms with E-state index in [1.165, 1.54) is 0 Å². The molecular weight excluding hydrogens is 140 g/mol. The van der Waals surface area contributed by atoms with Crippen LogP contribution in [0.25, 0.3) is 0 Å². The van der Waals surface area contributed by atoms with Crippen molar-refractivity contribution in [2.24, 2.45) is 5.73 Å². The fourth-order valence-corrected chi connectivity index (χ4v) is 1.51. The average Bonchev–Trinajstić information content (AvgIpc) is 1.93. The van der Waals surface area contributed by atoms with Crippen LogP contribution in [-0.4, -0.2) is 41.8 Å². The van der Waals surface area contributed by atoms with Crippen molar-refractivity contribution < 1.29 is 5.11 Å². The number of hydrogen-bond donors (Lipinski definition) is 2. The van der Waals surface area contributed by atoms with E-state index in [9.17, 15) is 5.11 Å². The molecule has 1 atom stereocenters. The first-order valence-electron chi connectivity index (χ1n) is 4.34. The Morgan fingerprint density at radius 1 is 1.55 bits per heavy atom. The summed E-state index contributed by atoms with van der Waals surface area (Å²) in [5, 5.41) is 9.20. The molecule has 3 N–H and O–H groups in total. The molecule has 1 saturated heterocycles. The van der Waals surface area contributed by atoms with E-state index in [0.29, 0.717) is 0 Å². The Balaban J connectivity index is 2.17. The first-order valence-corrected chi connectivity index (χ1v) is 4.34. The Bertz CT molecular complexity index is 109. The summed E-state index contributed by atoms with van der Waals surface area (Å²) in [6.07, 6.45) is 1.75. The molecule has 0 aliphatic carbocycles. The van der Waals surface area contributed by atoms with Gasteiger partial charge in [-0.25, -0.2) is 0 Å². The Morgan fingerprint density at radius 3 is 2.55 bits per heavy atom. The molecule has 0 radical (unpaired) electrons. The summed E-state index contributed by atoms with van der Waals surface area (Å²) >= 11 is 0. The molecule has 0 aromatic carbocycles. The molecule has 1 aliphatic rings. The lowest BCUT2D eigenvalue weighted by atomic mass is 10.1. The van der Waals surface area contributed by atoms with Crippen molar-refractivity contribution in [2.75, 3.05) is 19.6 Å². The summed E-state index contributed by atoms with van der Waals surface area (Å²) in [4.78, 5) is 2.32. The Labute approximate surface area is 68.2 Å². The van der Waals surface area contributed by atoms with Crippen molar-refractivity contribution in [3.8, 4) is 0 Å². The molecule has 0 saturated carbocycles. The number of nitrogens with two attached hydrogens (primary N) is 1. The van der Waals surface area contributed by atoms with E-state index in [0.717, 1.165) is 32.5 Å². The highest BCUT2D eigenvalue weighted by Crippen LogP contribution is 2.09. The van der Waals surface area contributed by atoms with Gasteiger partial charge in [0.2, 0.25) is 0 Å². The van der Waals surface area contributed by atoms with Gasteiger partial charge in [0.15, 0.2) is 0 Å². The van der Waals surface area contributed by atoms with Crippen LogP contribution < -0.4 is 5.73 Å². The van der Waals surface area contributed by atoms with Gasteiger partial charge in [-0.3, -0.25) is 0 Å². The highest BCUT2D eigenvalue weighted by Gasteiger charge is 2.16. The summed E-state index contributed by atoms with van der Waals surface area (Å²) in [7, 11) is 0. The van der Waals surface area contributed by atoms with Crippen molar-refractivity contribution in [1.82, 2.24) is 4.90 Å². The third kappa shape index (κ3) is 3.18. The summed E-state index contributed by atoms with van der Waals surface area (Å²) in [6, 6.07) is 0.255. The third-order valence-corrected chi connectivity index (χ3v) is 2.10. The summed E-state index contributed by atoms with van der Waals surface area (Å²) in [5.74, 6) is 0.